The molecule has 2 rings (SSSR count). The highest BCUT2D eigenvalue weighted by molar-refractivity contribution is 5.36. The van der Waals surface area contributed by atoms with Crippen LogP contribution >= 0.6 is 0 Å². The lowest BCUT2D eigenvalue weighted by atomic mass is 10.2. The van der Waals surface area contributed by atoms with Gasteiger partial charge in [0.15, 0.2) is 0 Å². The van der Waals surface area contributed by atoms with Gasteiger partial charge in [-0.2, -0.15) is 0 Å². The Balaban J connectivity index is 1.99. The molecule has 1 N–H and O–H groups in total. The van der Waals surface area contributed by atoms with E-state index in [1.165, 1.54) is 0 Å². The highest BCUT2D eigenvalue weighted by Gasteiger charge is 1.98. The lowest BCUT2D eigenvalue weighted by molar-refractivity contribution is 0.340. The molecule has 0 radical (unpaired) electrons. The van der Waals surface area contributed by atoms with Crippen molar-refractivity contribution in [2.75, 3.05) is 11.9 Å². The van der Waals surface area contributed by atoms with Crippen LogP contribution in [0.15, 0.2) is 36.5 Å². The van der Waals surface area contributed by atoms with Crippen molar-refractivity contribution in [3.05, 3.63) is 47.9 Å². The Bertz CT molecular complexity index is 514. The van der Waals surface area contributed by atoms with Crippen molar-refractivity contribution in [3.63, 3.8) is 0 Å². The maximum absolute atomic E-state index is 5.46. The monoisotopic (exact) mass is 243 g/mol. The summed E-state index contributed by atoms with van der Waals surface area (Å²) >= 11 is 0. The van der Waals surface area contributed by atoms with Crippen LogP contribution in [0, 0.1) is 6.92 Å². The van der Waals surface area contributed by atoms with Gasteiger partial charge < -0.3 is 10.1 Å². The van der Waals surface area contributed by atoms with Gasteiger partial charge in [-0.15, -0.1) is 0 Å². The van der Waals surface area contributed by atoms with Gasteiger partial charge in [-0.1, -0.05) is 12.1 Å². The molecule has 0 aliphatic rings. The molecule has 1 aromatic heterocycles. The van der Waals surface area contributed by atoms with E-state index in [0.717, 1.165) is 29.5 Å². The fourth-order valence-electron chi connectivity index (χ4n) is 1.66. The molecule has 0 fully saturated rings. The minimum atomic E-state index is 0.683. The van der Waals surface area contributed by atoms with E-state index in [4.69, 9.17) is 4.74 Å². The number of rotatable bonds is 5. The van der Waals surface area contributed by atoms with E-state index in [9.17, 15) is 0 Å². The van der Waals surface area contributed by atoms with Crippen molar-refractivity contribution < 1.29 is 4.74 Å². The summed E-state index contributed by atoms with van der Waals surface area (Å²) in [5, 5.41) is 3.26. The third-order valence-corrected chi connectivity index (χ3v) is 2.46. The second-order valence-electron chi connectivity index (χ2n) is 3.92. The summed E-state index contributed by atoms with van der Waals surface area (Å²) in [6.07, 6.45) is 1.75. The predicted octanol–water partition coefficient (Wildman–Crippen LogP) is 2.80. The van der Waals surface area contributed by atoms with E-state index in [2.05, 4.69) is 21.4 Å². The molecule has 1 aromatic carbocycles. The first-order valence-electron chi connectivity index (χ1n) is 6.03. The number of ether oxygens (including phenoxy) is 1. The third kappa shape index (κ3) is 3.45. The van der Waals surface area contributed by atoms with E-state index in [0.29, 0.717) is 6.61 Å². The van der Waals surface area contributed by atoms with Crippen LogP contribution in [0.4, 0.5) is 5.82 Å². The summed E-state index contributed by atoms with van der Waals surface area (Å²) < 4.78 is 5.46. The topological polar surface area (TPSA) is 47.0 Å². The molecule has 0 spiro atoms. The molecule has 18 heavy (non-hydrogen) atoms. The van der Waals surface area contributed by atoms with Crippen LogP contribution in [0.5, 0.6) is 5.75 Å². The summed E-state index contributed by atoms with van der Waals surface area (Å²) in [5.41, 5.74) is 1.16. The molecule has 0 aliphatic heterocycles. The quantitative estimate of drug-likeness (QED) is 0.877. The lowest BCUT2D eigenvalue weighted by Crippen LogP contribution is -2.03. The molecular formula is C14H17N3O. The minimum Gasteiger partial charge on any atom is -0.494 e. The van der Waals surface area contributed by atoms with Gasteiger partial charge in [0.05, 0.1) is 6.61 Å². The molecule has 1 heterocycles. The van der Waals surface area contributed by atoms with Gasteiger partial charge in [-0.05, 0) is 37.6 Å². The van der Waals surface area contributed by atoms with Crippen LogP contribution in [-0.4, -0.2) is 16.6 Å². The highest BCUT2D eigenvalue weighted by Crippen LogP contribution is 2.14. The SMILES string of the molecule is CCOc1cccc(CNc2ccnc(C)n2)c1. The molecule has 94 valence electrons. The predicted molar refractivity (Wildman–Crippen MR) is 71.7 cm³/mol. The van der Waals surface area contributed by atoms with Crippen LogP contribution < -0.4 is 10.1 Å². The van der Waals surface area contributed by atoms with Crippen molar-refractivity contribution in [1.29, 1.82) is 0 Å². The molecule has 2 aromatic rings. The van der Waals surface area contributed by atoms with Gasteiger partial charge in [0, 0.05) is 12.7 Å². The Labute approximate surface area is 107 Å². The van der Waals surface area contributed by atoms with Gasteiger partial charge in [-0.3, -0.25) is 0 Å². The normalized spacial score (nSPS) is 10.1. The van der Waals surface area contributed by atoms with Gasteiger partial charge in [0.1, 0.15) is 17.4 Å². The number of anilines is 1. The Morgan fingerprint density at radius 2 is 2.17 bits per heavy atom. The molecule has 0 saturated carbocycles. The van der Waals surface area contributed by atoms with Crippen LogP contribution in [0.2, 0.25) is 0 Å². The smallest absolute Gasteiger partial charge is 0.129 e. The molecule has 0 aliphatic carbocycles. The summed E-state index contributed by atoms with van der Waals surface area (Å²) in [4.78, 5) is 8.36. The zero-order chi connectivity index (χ0) is 12.8. The lowest BCUT2D eigenvalue weighted by Gasteiger charge is -2.08. The summed E-state index contributed by atoms with van der Waals surface area (Å²) in [5.74, 6) is 2.50. The molecule has 0 amide bonds. The number of aromatic nitrogens is 2. The van der Waals surface area contributed by atoms with Crippen molar-refractivity contribution >= 4 is 5.82 Å². The van der Waals surface area contributed by atoms with Crippen LogP contribution in [0.3, 0.4) is 0 Å². The van der Waals surface area contributed by atoms with Crippen molar-refractivity contribution in [3.8, 4) is 5.75 Å². The first-order valence-corrected chi connectivity index (χ1v) is 6.03. The number of nitrogens with one attached hydrogen (secondary N) is 1. The Morgan fingerprint density at radius 3 is 2.94 bits per heavy atom. The maximum Gasteiger partial charge on any atom is 0.129 e. The number of aryl methyl sites for hydroxylation is 1. The van der Waals surface area contributed by atoms with Crippen LogP contribution in [0.1, 0.15) is 18.3 Å². The minimum absolute atomic E-state index is 0.683. The zero-order valence-electron chi connectivity index (χ0n) is 10.7. The first kappa shape index (κ1) is 12.4. The fourth-order valence-corrected chi connectivity index (χ4v) is 1.66. The standard InChI is InChI=1S/C14H17N3O/c1-3-18-13-6-4-5-12(9-13)10-16-14-7-8-15-11(2)17-14/h4-9H,3,10H2,1-2H3,(H,15,16,17). The molecule has 4 nitrogen and oxygen atoms in total. The largest absolute Gasteiger partial charge is 0.494 e. The zero-order valence-corrected chi connectivity index (χ0v) is 10.7. The number of nitrogens with zero attached hydrogens (tertiary/aromatic N) is 2. The third-order valence-electron chi connectivity index (χ3n) is 2.46. The van der Waals surface area contributed by atoms with Crippen molar-refractivity contribution in [1.82, 2.24) is 9.97 Å². The van der Waals surface area contributed by atoms with Gasteiger partial charge in [0.2, 0.25) is 0 Å². The number of benzene rings is 1. The number of hydrogen-bond donors (Lipinski definition) is 1. The Kier molecular flexibility index (Phi) is 4.12. The molecular weight excluding hydrogens is 226 g/mol. The summed E-state index contributed by atoms with van der Waals surface area (Å²) in [7, 11) is 0. The van der Waals surface area contributed by atoms with Gasteiger partial charge in [0.25, 0.3) is 0 Å². The average Bonchev–Trinajstić information content (AvgIpc) is 2.37. The van der Waals surface area contributed by atoms with E-state index in [-0.39, 0.29) is 0 Å². The Morgan fingerprint density at radius 1 is 1.28 bits per heavy atom. The van der Waals surface area contributed by atoms with Gasteiger partial charge >= 0.3 is 0 Å². The molecule has 0 atom stereocenters. The summed E-state index contributed by atoms with van der Waals surface area (Å²) in [6.45, 7) is 5.26. The molecule has 0 unspecified atom stereocenters. The second-order valence-corrected chi connectivity index (χ2v) is 3.92. The Hall–Kier alpha value is -2.10. The van der Waals surface area contributed by atoms with E-state index in [1.54, 1.807) is 6.20 Å². The van der Waals surface area contributed by atoms with Crippen LogP contribution in [0.25, 0.3) is 0 Å². The van der Waals surface area contributed by atoms with E-state index < -0.39 is 0 Å². The molecule has 4 heteroatoms. The van der Waals surface area contributed by atoms with E-state index >= 15 is 0 Å². The number of hydrogen-bond acceptors (Lipinski definition) is 4. The average molecular weight is 243 g/mol. The van der Waals surface area contributed by atoms with Crippen molar-refractivity contribution in [2.24, 2.45) is 0 Å². The maximum atomic E-state index is 5.46. The summed E-state index contributed by atoms with van der Waals surface area (Å²) in [6, 6.07) is 9.91. The molecule has 0 bridgehead atoms. The van der Waals surface area contributed by atoms with Crippen LogP contribution in [-0.2, 0) is 6.54 Å². The molecule has 0 saturated heterocycles. The van der Waals surface area contributed by atoms with Crippen molar-refractivity contribution in [2.45, 2.75) is 20.4 Å². The fraction of sp³-hybridized carbons (Fsp3) is 0.286. The van der Waals surface area contributed by atoms with Gasteiger partial charge in [-0.25, -0.2) is 9.97 Å². The van der Waals surface area contributed by atoms with E-state index in [1.807, 2.05) is 38.1 Å². The second kappa shape index (κ2) is 6.00. The first-order chi connectivity index (χ1) is 8.78. The highest BCUT2D eigenvalue weighted by atomic mass is 16.5.